The van der Waals surface area contributed by atoms with Gasteiger partial charge in [0.2, 0.25) is 5.24 Å². The largest absolute Gasteiger partial charge is 0.396 e. The molecular formula is C7H11ClO2. The lowest BCUT2D eigenvalue weighted by Crippen LogP contribution is -2.05. The maximum atomic E-state index is 10.6. The van der Waals surface area contributed by atoms with Crippen molar-refractivity contribution in [3.05, 3.63) is 0 Å². The van der Waals surface area contributed by atoms with E-state index >= 15 is 0 Å². The predicted molar refractivity (Wildman–Crippen MR) is 38.8 cm³/mol. The zero-order valence-corrected chi connectivity index (χ0v) is 6.47. The Kier molecular flexibility index (Phi) is 2.69. The highest BCUT2D eigenvalue weighted by atomic mass is 35.5. The third kappa shape index (κ3) is 1.70. The summed E-state index contributed by atoms with van der Waals surface area (Å²) in [6, 6.07) is 0. The molecule has 1 aliphatic carbocycles. The predicted octanol–water partition coefficient (Wildman–Crippen LogP) is 1.16. The summed E-state index contributed by atoms with van der Waals surface area (Å²) in [6.45, 7) is 0.195. The molecule has 2 nitrogen and oxygen atoms in total. The van der Waals surface area contributed by atoms with Gasteiger partial charge in [-0.1, -0.05) is 0 Å². The fraction of sp³-hybridized carbons (Fsp3) is 0.857. The van der Waals surface area contributed by atoms with Crippen molar-refractivity contribution < 1.29 is 9.90 Å². The first kappa shape index (κ1) is 8.02. The van der Waals surface area contributed by atoms with Crippen molar-refractivity contribution in [3.8, 4) is 0 Å². The SMILES string of the molecule is O=C(Cl)[C@@H]1CC[C@H](CO)C1. The van der Waals surface area contributed by atoms with E-state index in [2.05, 4.69) is 0 Å². The molecule has 0 bridgehead atoms. The summed E-state index contributed by atoms with van der Waals surface area (Å²) >= 11 is 5.29. The minimum absolute atomic E-state index is 0.0128. The molecule has 1 N–H and O–H groups in total. The van der Waals surface area contributed by atoms with Crippen LogP contribution in [0.4, 0.5) is 0 Å². The minimum atomic E-state index is -0.240. The van der Waals surface area contributed by atoms with E-state index in [4.69, 9.17) is 16.7 Å². The van der Waals surface area contributed by atoms with Crippen LogP contribution in [0.1, 0.15) is 19.3 Å². The highest BCUT2D eigenvalue weighted by Crippen LogP contribution is 2.31. The summed E-state index contributed by atoms with van der Waals surface area (Å²) in [5, 5.41) is 8.47. The summed E-state index contributed by atoms with van der Waals surface area (Å²) in [5.41, 5.74) is 0. The molecule has 0 heterocycles. The van der Waals surface area contributed by atoms with E-state index in [9.17, 15) is 4.79 Å². The van der Waals surface area contributed by atoms with Crippen LogP contribution in [0.25, 0.3) is 0 Å². The monoisotopic (exact) mass is 162 g/mol. The molecule has 0 amide bonds. The molecule has 0 aromatic rings. The van der Waals surface area contributed by atoms with Crippen molar-refractivity contribution >= 4 is 16.8 Å². The second-order valence-electron chi connectivity index (χ2n) is 2.86. The van der Waals surface area contributed by atoms with Gasteiger partial charge in [-0.2, -0.15) is 0 Å². The quantitative estimate of drug-likeness (QED) is 0.619. The van der Waals surface area contributed by atoms with E-state index in [-0.39, 0.29) is 17.8 Å². The molecule has 1 rings (SSSR count). The van der Waals surface area contributed by atoms with Gasteiger partial charge in [0, 0.05) is 12.5 Å². The van der Waals surface area contributed by atoms with Gasteiger partial charge in [0.1, 0.15) is 0 Å². The molecule has 1 aliphatic rings. The standard InChI is InChI=1S/C7H11ClO2/c8-7(10)6-2-1-5(3-6)4-9/h5-6,9H,1-4H2/t5-,6+/m0/s1. The van der Waals surface area contributed by atoms with Gasteiger partial charge >= 0.3 is 0 Å². The van der Waals surface area contributed by atoms with Crippen LogP contribution in [0.2, 0.25) is 0 Å². The third-order valence-electron chi connectivity index (χ3n) is 2.12. The highest BCUT2D eigenvalue weighted by molar-refractivity contribution is 6.64. The van der Waals surface area contributed by atoms with Gasteiger partial charge in [-0.25, -0.2) is 0 Å². The Morgan fingerprint density at radius 3 is 2.60 bits per heavy atom. The van der Waals surface area contributed by atoms with Crippen LogP contribution in [-0.4, -0.2) is 17.0 Å². The summed E-state index contributed by atoms with van der Waals surface area (Å²) in [6.07, 6.45) is 2.58. The number of aliphatic hydroxyl groups excluding tert-OH is 1. The molecule has 3 heteroatoms. The van der Waals surface area contributed by atoms with Crippen LogP contribution in [0, 0.1) is 11.8 Å². The minimum Gasteiger partial charge on any atom is -0.396 e. The fourth-order valence-corrected chi connectivity index (χ4v) is 1.65. The Morgan fingerprint density at radius 2 is 2.30 bits per heavy atom. The lowest BCUT2D eigenvalue weighted by molar-refractivity contribution is -0.115. The average molecular weight is 163 g/mol. The smallest absolute Gasteiger partial charge is 0.224 e. The number of halogens is 1. The van der Waals surface area contributed by atoms with Gasteiger partial charge in [0.25, 0.3) is 0 Å². The molecule has 10 heavy (non-hydrogen) atoms. The summed E-state index contributed by atoms with van der Waals surface area (Å²) in [5.74, 6) is 0.325. The van der Waals surface area contributed by atoms with Crippen LogP contribution < -0.4 is 0 Å². The maximum absolute atomic E-state index is 10.6. The van der Waals surface area contributed by atoms with E-state index in [1.165, 1.54) is 0 Å². The molecule has 0 aliphatic heterocycles. The normalized spacial score (nSPS) is 32.6. The molecule has 0 saturated heterocycles. The summed E-state index contributed by atoms with van der Waals surface area (Å²) in [4.78, 5) is 10.6. The first-order chi connectivity index (χ1) is 4.74. The number of carbonyl (C=O) groups is 1. The van der Waals surface area contributed by atoms with Crippen molar-refractivity contribution in [1.29, 1.82) is 0 Å². The number of hydrogen-bond acceptors (Lipinski definition) is 2. The van der Waals surface area contributed by atoms with E-state index in [0.717, 1.165) is 19.3 Å². The van der Waals surface area contributed by atoms with E-state index < -0.39 is 0 Å². The Balaban J connectivity index is 2.35. The molecule has 1 fully saturated rings. The van der Waals surface area contributed by atoms with E-state index in [1.807, 2.05) is 0 Å². The van der Waals surface area contributed by atoms with Gasteiger partial charge in [0.05, 0.1) is 0 Å². The topological polar surface area (TPSA) is 37.3 Å². The molecule has 0 unspecified atom stereocenters. The van der Waals surface area contributed by atoms with E-state index in [1.54, 1.807) is 0 Å². The number of carbonyl (C=O) groups excluding carboxylic acids is 1. The molecule has 0 aromatic heterocycles. The fourth-order valence-electron chi connectivity index (χ4n) is 1.45. The zero-order valence-electron chi connectivity index (χ0n) is 5.72. The first-order valence-corrected chi connectivity index (χ1v) is 3.92. The van der Waals surface area contributed by atoms with Crippen molar-refractivity contribution in [2.45, 2.75) is 19.3 Å². The summed E-state index contributed by atoms with van der Waals surface area (Å²) in [7, 11) is 0. The van der Waals surface area contributed by atoms with Gasteiger partial charge in [-0.3, -0.25) is 4.79 Å². The van der Waals surface area contributed by atoms with Crippen molar-refractivity contribution in [1.82, 2.24) is 0 Å². The van der Waals surface area contributed by atoms with Crippen LogP contribution in [0.15, 0.2) is 0 Å². The lowest BCUT2D eigenvalue weighted by atomic mass is 10.1. The molecule has 58 valence electrons. The van der Waals surface area contributed by atoms with Crippen LogP contribution >= 0.6 is 11.6 Å². The Bertz CT molecular complexity index is 136. The van der Waals surface area contributed by atoms with E-state index in [0.29, 0.717) is 5.92 Å². The molecule has 0 radical (unpaired) electrons. The third-order valence-corrected chi connectivity index (χ3v) is 2.43. The second kappa shape index (κ2) is 3.35. The van der Waals surface area contributed by atoms with Crippen LogP contribution in [0.3, 0.4) is 0 Å². The Labute approximate surface area is 65.2 Å². The number of aliphatic hydroxyl groups is 1. The lowest BCUT2D eigenvalue weighted by Gasteiger charge is -2.02. The highest BCUT2D eigenvalue weighted by Gasteiger charge is 2.27. The first-order valence-electron chi connectivity index (χ1n) is 3.54. The van der Waals surface area contributed by atoms with Crippen molar-refractivity contribution in [3.63, 3.8) is 0 Å². The van der Waals surface area contributed by atoms with Crippen molar-refractivity contribution in [2.75, 3.05) is 6.61 Å². The van der Waals surface area contributed by atoms with Crippen LogP contribution in [0.5, 0.6) is 0 Å². The molecule has 0 spiro atoms. The molecule has 0 aromatic carbocycles. The van der Waals surface area contributed by atoms with Crippen molar-refractivity contribution in [2.24, 2.45) is 11.8 Å². The Hall–Kier alpha value is -0.0800. The second-order valence-corrected chi connectivity index (χ2v) is 3.24. The van der Waals surface area contributed by atoms with Gasteiger partial charge in [0.15, 0.2) is 0 Å². The van der Waals surface area contributed by atoms with Gasteiger partial charge < -0.3 is 5.11 Å². The van der Waals surface area contributed by atoms with Crippen LogP contribution in [-0.2, 0) is 4.79 Å². The number of rotatable bonds is 2. The molecular weight excluding hydrogens is 152 g/mol. The zero-order chi connectivity index (χ0) is 7.56. The van der Waals surface area contributed by atoms with Gasteiger partial charge in [-0.05, 0) is 36.8 Å². The molecule has 1 saturated carbocycles. The van der Waals surface area contributed by atoms with Gasteiger partial charge in [-0.15, -0.1) is 0 Å². The Morgan fingerprint density at radius 1 is 1.60 bits per heavy atom. The maximum Gasteiger partial charge on any atom is 0.224 e. The average Bonchev–Trinajstić information content (AvgIpc) is 2.34. The molecule has 2 atom stereocenters. The summed E-state index contributed by atoms with van der Waals surface area (Å²) < 4.78 is 0. The number of hydrogen-bond donors (Lipinski definition) is 1.